The van der Waals surface area contributed by atoms with Gasteiger partial charge < -0.3 is 40.9 Å². The molecule has 0 aliphatic heterocycles. The molecule has 0 amide bonds. The molecule has 2 aromatic rings. The molecule has 0 bridgehead atoms. The van der Waals surface area contributed by atoms with Gasteiger partial charge in [-0.15, -0.1) is 0 Å². The Bertz CT molecular complexity index is 1150. The SMILES string of the molecule is CCCCCCCCCC#Cc1c(O)c(O)c(-c2c(O)c(O)c(CCCCCCCCCCC)c(O)c2O)c(O)c1O. The lowest BCUT2D eigenvalue weighted by Gasteiger charge is -2.18. The summed E-state index contributed by atoms with van der Waals surface area (Å²) in [5, 5.41) is 85.3. The molecule has 8 nitrogen and oxygen atoms in total. The van der Waals surface area contributed by atoms with E-state index in [0.29, 0.717) is 12.8 Å². The van der Waals surface area contributed by atoms with E-state index in [1.54, 1.807) is 0 Å². The second-order valence-corrected chi connectivity index (χ2v) is 11.1. The first-order valence-corrected chi connectivity index (χ1v) is 15.7. The van der Waals surface area contributed by atoms with Crippen LogP contribution in [0.5, 0.6) is 46.0 Å². The summed E-state index contributed by atoms with van der Waals surface area (Å²) in [7, 11) is 0. The Kier molecular flexibility index (Phi) is 14.9. The molecule has 0 aliphatic rings. The second-order valence-electron chi connectivity index (χ2n) is 11.1. The van der Waals surface area contributed by atoms with Crippen LogP contribution in [0.15, 0.2) is 0 Å². The minimum absolute atomic E-state index is 0.0723. The van der Waals surface area contributed by atoms with Crippen LogP contribution in [0.2, 0.25) is 0 Å². The van der Waals surface area contributed by atoms with Crippen molar-refractivity contribution in [2.75, 3.05) is 0 Å². The maximum absolute atomic E-state index is 10.7. The summed E-state index contributed by atoms with van der Waals surface area (Å²) < 4.78 is 0. The Morgan fingerprint density at radius 1 is 0.405 bits per heavy atom. The number of aromatic hydroxyl groups is 8. The third kappa shape index (κ3) is 9.20. The molecular formula is C34H50O8. The van der Waals surface area contributed by atoms with Crippen molar-refractivity contribution in [3.63, 3.8) is 0 Å². The predicted octanol–water partition coefficient (Wildman–Crippen LogP) is 8.56. The van der Waals surface area contributed by atoms with E-state index in [1.165, 1.54) is 44.9 Å². The highest BCUT2D eigenvalue weighted by Gasteiger charge is 2.31. The van der Waals surface area contributed by atoms with E-state index in [0.717, 1.165) is 51.4 Å². The van der Waals surface area contributed by atoms with Gasteiger partial charge >= 0.3 is 0 Å². The van der Waals surface area contributed by atoms with E-state index in [-0.39, 0.29) is 12.0 Å². The lowest BCUT2D eigenvalue weighted by molar-refractivity contribution is 0.361. The highest BCUT2D eigenvalue weighted by atomic mass is 16.3. The molecule has 2 aromatic carbocycles. The van der Waals surface area contributed by atoms with E-state index in [2.05, 4.69) is 25.7 Å². The minimum Gasteiger partial charge on any atom is -0.504 e. The van der Waals surface area contributed by atoms with Gasteiger partial charge in [-0.25, -0.2) is 0 Å². The number of rotatable bonds is 18. The van der Waals surface area contributed by atoms with Crippen molar-refractivity contribution in [1.82, 2.24) is 0 Å². The summed E-state index contributed by atoms with van der Waals surface area (Å²) in [5.74, 6) is -1.61. The molecule has 234 valence electrons. The van der Waals surface area contributed by atoms with E-state index in [9.17, 15) is 40.9 Å². The number of unbranched alkanes of at least 4 members (excludes halogenated alkanes) is 15. The van der Waals surface area contributed by atoms with Crippen molar-refractivity contribution in [2.24, 2.45) is 0 Å². The molecule has 8 N–H and O–H groups in total. The van der Waals surface area contributed by atoms with Crippen LogP contribution in [0.25, 0.3) is 11.1 Å². The van der Waals surface area contributed by atoms with Gasteiger partial charge in [0.2, 0.25) is 0 Å². The molecule has 2 rings (SSSR count). The van der Waals surface area contributed by atoms with Gasteiger partial charge in [0.1, 0.15) is 5.56 Å². The zero-order valence-electron chi connectivity index (χ0n) is 25.3. The number of hydrogen-bond donors (Lipinski definition) is 8. The van der Waals surface area contributed by atoms with E-state index < -0.39 is 62.7 Å². The van der Waals surface area contributed by atoms with Gasteiger partial charge in [-0.2, -0.15) is 0 Å². The summed E-state index contributed by atoms with van der Waals surface area (Å²) in [6.45, 7) is 4.34. The first-order valence-electron chi connectivity index (χ1n) is 15.7. The number of benzene rings is 2. The largest absolute Gasteiger partial charge is 0.504 e. The average molecular weight is 587 g/mol. The van der Waals surface area contributed by atoms with E-state index in [4.69, 9.17) is 0 Å². The Morgan fingerprint density at radius 3 is 1.19 bits per heavy atom. The van der Waals surface area contributed by atoms with Crippen molar-refractivity contribution in [3.05, 3.63) is 11.1 Å². The van der Waals surface area contributed by atoms with Gasteiger partial charge in [-0.05, 0) is 19.3 Å². The zero-order chi connectivity index (χ0) is 31.1. The monoisotopic (exact) mass is 586 g/mol. The maximum Gasteiger partial charge on any atom is 0.178 e. The minimum atomic E-state index is -0.985. The topological polar surface area (TPSA) is 162 Å². The molecule has 8 heteroatoms. The van der Waals surface area contributed by atoms with Gasteiger partial charge in [-0.1, -0.05) is 116 Å². The second kappa shape index (κ2) is 18.0. The molecule has 0 fully saturated rings. The van der Waals surface area contributed by atoms with Crippen molar-refractivity contribution in [1.29, 1.82) is 0 Å². The summed E-state index contributed by atoms with van der Waals surface area (Å²) in [4.78, 5) is 0. The van der Waals surface area contributed by atoms with Gasteiger partial charge in [-0.3, -0.25) is 0 Å². The normalized spacial score (nSPS) is 11.0. The number of hydrogen-bond acceptors (Lipinski definition) is 8. The van der Waals surface area contributed by atoms with Crippen LogP contribution < -0.4 is 0 Å². The standard InChI is InChI=1S/C34H50O8/c1-3-5-7-9-11-13-15-17-19-21-23-27(35)31(39)25(32(40)28(23)36)26-33(41)29(37)24(30(38)34(26)42)22-20-18-16-14-12-10-8-6-4-2/h35-42H,3-19,21H2,1-2H3. The molecular weight excluding hydrogens is 536 g/mol. The molecule has 42 heavy (non-hydrogen) atoms. The van der Waals surface area contributed by atoms with Gasteiger partial charge in [0.05, 0.1) is 11.1 Å². The fraction of sp³-hybridized carbons (Fsp3) is 0.588. The highest BCUT2D eigenvalue weighted by molar-refractivity contribution is 5.93. The van der Waals surface area contributed by atoms with Crippen LogP contribution in [0, 0.1) is 11.8 Å². The van der Waals surface area contributed by atoms with Gasteiger partial charge in [0.25, 0.3) is 0 Å². The first-order chi connectivity index (χ1) is 20.2. The Balaban J connectivity index is 2.17. The third-order valence-corrected chi connectivity index (χ3v) is 7.79. The smallest absolute Gasteiger partial charge is 0.178 e. The lowest BCUT2D eigenvalue weighted by Crippen LogP contribution is -1.94. The molecule has 0 unspecified atom stereocenters. The summed E-state index contributed by atoms with van der Waals surface area (Å²) in [6.07, 6.45) is 17.9. The first kappa shape index (κ1) is 34.6. The van der Waals surface area contributed by atoms with E-state index >= 15 is 0 Å². The molecule has 0 saturated heterocycles. The highest BCUT2D eigenvalue weighted by Crippen LogP contribution is 2.59. The predicted molar refractivity (Wildman–Crippen MR) is 166 cm³/mol. The molecule has 0 atom stereocenters. The fourth-order valence-corrected chi connectivity index (χ4v) is 5.21. The lowest BCUT2D eigenvalue weighted by atomic mass is 9.93. The molecule has 0 aromatic heterocycles. The molecule has 0 aliphatic carbocycles. The summed E-state index contributed by atoms with van der Waals surface area (Å²) >= 11 is 0. The van der Waals surface area contributed by atoms with Crippen LogP contribution in [-0.2, 0) is 6.42 Å². The van der Waals surface area contributed by atoms with Crippen molar-refractivity contribution in [3.8, 4) is 69.0 Å². The van der Waals surface area contributed by atoms with Crippen LogP contribution in [0.3, 0.4) is 0 Å². The van der Waals surface area contributed by atoms with Crippen LogP contribution in [-0.4, -0.2) is 40.9 Å². The van der Waals surface area contributed by atoms with E-state index in [1.807, 2.05) is 0 Å². The van der Waals surface area contributed by atoms with Crippen LogP contribution in [0.4, 0.5) is 0 Å². The van der Waals surface area contributed by atoms with Crippen molar-refractivity contribution < 1.29 is 40.9 Å². The Labute approximate surface area is 250 Å². The van der Waals surface area contributed by atoms with Crippen LogP contribution in [0.1, 0.15) is 134 Å². The Morgan fingerprint density at radius 2 is 0.762 bits per heavy atom. The van der Waals surface area contributed by atoms with Gasteiger partial charge in [0.15, 0.2) is 46.0 Å². The average Bonchev–Trinajstić information content (AvgIpc) is 2.98. The fourth-order valence-electron chi connectivity index (χ4n) is 5.21. The molecule has 0 heterocycles. The van der Waals surface area contributed by atoms with Crippen molar-refractivity contribution in [2.45, 2.75) is 129 Å². The molecule has 0 radical (unpaired) electrons. The third-order valence-electron chi connectivity index (χ3n) is 7.79. The number of phenolic OH excluding ortho intramolecular Hbond substituents is 8. The molecule has 0 spiro atoms. The van der Waals surface area contributed by atoms with Crippen molar-refractivity contribution >= 4 is 0 Å². The maximum atomic E-state index is 10.7. The molecule has 0 saturated carbocycles. The Hall–Kier alpha value is -3.60. The quantitative estimate of drug-likeness (QED) is 0.0373. The van der Waals surface area contributed by atoms with Gasteiger partial charge in [0, 0.05) is 12.0 Å². The zero-order valence-corrected chi connectivity index (χ0v) is 25.3. The van der Waals surface area contributed by atoms with Crippen LogP contribution >= 0.6 is 0 Å². The number of phenols is 8. The summed E-state index contributed by atoms with van der Waals surface area (Å²) in [6, 6.07) is 0. The summed E-state index contributed by atoms with van der Waals surface area (Å²) in [5.41, 5.74) is -1.97.